The van der Waals surface area contributed by atoms with E-state index in [0.29, 0.717) is 30.1 Å². The molecule has 1 rings (SSSR count). The molecule has 0 aliphatic carbocycles. The molecule has 0 aliphatic heterocycles. The number of amides is 1. The smallest absolute Gasteiger partial charge is 0.257 e. The molecule has 0 saturated heterocycles. The minimum Gasteiger partial charge on any atom is -0.496 e. The van der Waals surface area contributed by atoms with Crippen molar-refractivity contribution >= 4 is 11.6 Å². The summed E-state index contributed by atoms with van der Waals surface area (Å²) in [7, 11) is 1.54. The predicted molar refractivity (Wildman–Crippen MR) is 73.8 cm³/mol. The normalized spacial score (nSPS) is 9.94. The second-order valence-electron chi connectivity index (χ2n) is 4.24. The first kappa shape index (κ1) is 14.1. The zero-order chi connectivity index (χ0) is 13.7. The van der Waals surface area contributed by atoms with E-state index in [9.17, 15) is 4.79 Å². The quantitative estimate of drug-likeness (QED) is 0.642. The van der Waals surface area contributed by atoms with Gasteiger partial charge in [0.25, 0.3) is 5.91 Å². The first-order valence-corrected chi connectivity index (χ1v) is 5.86. The molecule has 0 saturated carbocycles. The average molecular weight is 248 g/mol. The highest BCUT2D eigenvalue weighted by atomic mass is 16.5. The maximum Gasteiger partial charge on any atom is 0.257 e. The summed E-state index contributed by atoms with van der Waals surface area (Å²) in [6.07, 6.45) is 0. The second kappa shape index (κ2) is 6.10. The van der Waals surface area contributed by atoms with E-state index in [1.165, 1.54) is 7.11 Å². The van der Waals surface area contributed by atoms with Crippen LogP contribution in [0, 0.1) is 0 Å². The Morgan fingerprint density at radius 1 is 1.50 bits per heavy atom. The molecule has 0 atom stereocenters. The van der Waals surface area contributed by atoms with Crippen LogP contribution in [-0.2, 0) is 0 Å². The highest BCUT2D eigenvalue weighted by Crippen LogP contribution is 2.22. The lowest BCUT2D eigenvalue weighted by atomic mass is 10.1. The molecular weight excluding hydrogens is 228 g/mol. The van der Waals surface area contributed by atoms with Gasteiger partial charge in [-0.25, -0.2) is 0 Å². The third kappa shape index (κ3) is 3.26. The van der Waals surface area contributed by atoms with Gasteiger partial charge in [0.05, 0.1) is 12.7 Å². The van der Waals surface area contributed by atoms with Crippen molar-refractivity contribution in [3.63, 3.8) is 0 Å². The van der Waals surface area contributed by atoms with Gasteiger partial charge in [0.2, 0.25) is 0 Å². The Morgan fingerprint density at radius 2 is 2.17 bits per heavy atom. The van der Waals surface area contributed by atoms with Gasteiger partial charge in [-0.1, -0.05) is 12.2 Å². The molecule has 0 aromatic heterocycles. The first-order valence-electron chi connectivity index (χ1n) is 5.86. The van der Waals surface area contributed by atoms with Gasteiger partial charge in [-0.3, -0.25) is 4.79 Å². The van der Waals surface area contributed by atoms with E-state index in [1.54, 1.807) is 23.1 Å². The monoisotopic (exact) mass is 248 g/mol. The molecular formula is C14H20N2O2. The number of rotatable bonds is 5. The lowest BCUT2D eigenvalue weighted by Crippen LogP contribution is -2.32. The molecule has 0 bridgehead atoms. The summed E-state index contributed by atoms with van der Waals surface area (Å²) < 4.78 is 5.20. The Labute approximate surface area is 108 Å². The van der Waals surface area contributed by atoms with Gasteiger partial charge >= 0.3 is 0 Å². The minimum atomic E-state index is -0.0929. The molecule has 0 aliphatic rings. The Hall–Kier alpha value is -1.97. The third-order valence-corrected chi connectivity index (χ3v) is 2.58. The van der Waals surface area contributed by atoms with Crippen LogP contribution in [0.25, 0.3) is 0 Å². The number of nitrogens with two attached hydrogens (primary N) is 1. The summed E-state index contributed by atoms with van der Waals surface area (Å²) in [5.41, 5.74) is 7.69. The van der Waals surface area contributed by atoms with Crippen LogP contribution in [0.5, 0.6) is 5.75 Å². The largest absolute Gasteiger partial charge is 0.496 e. The first-order chi connectivity index (χ1) is 8.49. The number of carbonyl (C=O) groups excluding carboxylic acids is 1. The number of hydrogen-bond donors (Lipinski definition) is 1. The van der Waals surface area contributed by atoms with Crippen molar-refractivity contribution in [2.24, 2.45) is 0 Å². The molecule has 0 fully saturated rings. The SMILES string of the molecule is C=C(C)CN(CC)C(=O)c1cc(N)ccc1OC. The Bertz CT molecular complexity index is 455. The number of ether oxygens (including phenoxy) is 1. The fourth-order valence-corrected chi connectivity index (χ4v) is 1.72. The molecule has 0 spiro atoms. The van der Waals surface area contributed by atoms with Crippen molar-refractivity contribution in [2.45, 2.75) is 13.8 Å². The highest BCUT2D eigenvalue weighted by molar-refractivity contribution is 5.98. The summed E-state index contributed by atoms with van der Waals surface area (Å²) in [6, 6.07) is 5.06. The molecule has 18 heavy (non-hydrogen) atoms. The van der Waals surface area contributed by atoms with E-state index >= 15 is 0 Å². The molecule has 98 valence electrons. The van der Waals surface area contributed by atoms with Crippen LogP contribution >= 0.6 is 0 Å². The zero-order valence-corrected chi connectivity index (χ0v) is 11.2. The topological polar surface area (TPSA) is 55.6 Å². The molecule has 2 N–H and O–H groups in total. The van der Waals surface area contributed by atoms with Gasteiger partial charge in [0.1, 0.15) is 5.75 Å². The number of methoxy groups -OCH3 is 1. The average Bonchev–Trinajstić information content (AvgIpc) is 2.34. The van der Waals surface area contributed by atoms with E-state index < -0.39 is 0 Å². The minimum absolute atomic E-state index is 0.0929. The van der Waals surface area contributed by atoms with Crippen LogP contribution in [0.15, 0.2) is 30.4 Å². The molecule has 4 nitrogen and oxygen atoms in total. The Balaban J connectivity index is 3.07. The molecule has 4 heteroatoms. The lowest BCUT2D eigenvalue weighted by molar-refractivity contribution is 0.0775. The van der Waals surface area contributed by atoms with Crippen molar-refractivity contribution in [3.8, 4) is 5.75 Å². The maximum atomic E-state index is 12.4. The van der Waals surface area contributed by atoms with Crippen LogP contribution < -0.4 is 10.5 Å². The van der Waals surface area contributed by atoms with Crippen molar-refractivity contribution in [1.82, 2.24) is 4.90 Å². The number of carbonyl (C=O) groups is 1. The fourth-order valence-electron chi connectivity index (χ4n) is 1.72. The van der Waals surface area contributed by atoms with Crippen LogP contribution in [-0.4, -0.2) is 31.0 Å². The van der Waals surface area contributed by atoms with Gasteiger partial charge in [-0.2, -0.15) is 0 Å². The predicted octanol–water partition coefficient (Wildman–Crippen LogP) is 2.32. The number of anilines is 1. The molecule has 1 amide bonds. The van der Waals surface area contributed by atoms with Gasteiger partial charge in [-0.05, 0) is 32.0 Å². The van der Waals surface area contributed by atoms with Gasteiger partial charge in [0.15, 0.2) is 0 Å². The van der Waals surface area contributed by atoms with E-state index in [1.807, 2.05) is 13.8 Å². The molecule has 0 heterocycles. The zero-order valence-electron chi connectivity index (χ0n) is 11.2. The van der Waals surface area contributed by atoms with Crippen LogP contribution in [0.2, 0.25) is 0 Å². The number of likely N-dealkylation sites (N-methyl/N-ethyl adjacent to an activating group) is 1. The number of hydrogen-bond acceptors (Lipinski definition) is 3. The van der Waals surface area contributed by atoms with Crippen LogP contribution in [0.4, 0.5) is 5.69 Å². The molecule has 0 radical (unpaired) electrons. The van der Waals surface area contributed by atoms with Crippen molar-refractivity contribution < 1.29 is 9.53 Å². The summed E-state index contributed by atoms with van der Waals surface area (Å²) in [4.78, 5) is 14.1. The van der Waals surface area contributed by atoms with E-state index in [2.05, 4.69) is 6.58 Å². The van der Waals surface area contributed by atoms with Crippen LogP contribution in [0.3, 0.4) is 0 Å². The number of benzene rings is 1. The molecule has 1 aromatic rings. The Morgan fingerprint density at radius 3 is 2.67 bits per heavy atom. The maximum absolute atomic E-state index is 12.4. The van der Waals surface area contributed by atoms with Gasteiger partial charge < -0.3 is 15.4 Å². The van der Waals surface area contributed by atoms with Crippen molar-refractivity contribution in [1.29, 1.82) is 0 Å². The van der Waals surface area contributed by atoms with Crippen LogP contribution in [0.1, 0.15) is 24.2 Å². The highest BCUT2D eigenvalue weighted by Gasteiger charge is 2.18. The standard InChI is InChI=1S/C14H20N2O2/c1-5-16(9-10(2)3)14(17)12-8-11(15)6-7-13(12)18-4/h6-8H,2,5,9,15H2,1,3-4H3. The summed E-state index contributed by atoms with van der Waals surface area (Å²) in [5, 5.41) is 0. The third-order valence-electron chi connectivity index (χ3n) is 2.58. The van der Waals surface area contributed by atoms with Crippen molar-refractivity contribution in [2.75, 3.05) is 25.9 Å². The van der Waals surface area contributed by atoms with Gasteiger partial charge in [0, 0.05) is 18.8 Å². The fraction of sp³-hybridized carbons (Fsp3) is 0.357. The van der Waals surface area contributed by atoms with Crippen molar-refractivity contribution in [3.05, 3.63) is 35.9 Å². The summed E-state index contributed by atoms with van der Waals surface area (Å²) >= 11 is 0. The molecule has 0 unspecified atom stereocenters. The van der Waals surface area contributed by atoms with E-state index in [0.717, 1.165) is 5.57 Å². The number of nitrogen functional groups attached to an aromatic ring is 1. The Kier molecular flexibility index (Phi) is 4.77. The summed E-state index contributed by atoms with van der Waals surface area (Å²) in [6.45, 7) is 8.80. The molecule has 1 aromatic carbocycles. The summed E-state index contributed by atoms with van der Waals surface area (Å²) in [5.74, 6) is 0.444. The number of nitrogens with zero attached hydrogens (tertiary/aromatic N) is 1. The van der Waals surface area contributed by atoms with E-state index in [-0.39, 0.29) is 5.91 Å². The lowest BCUT2D eigenvalue weighted by Gasteiger charge is -2.22. The van der Waals surface area contributed by atoms with E-state index in [4.69, 9.17) is 10.5 Å². The second-order valence-corrected chi connectivity index (χ2v) is 4.24. The van der Waals surface area contributed by atoms with Gasteiger partial charge in [-0.15, -0.1) is 0 Å².